The van der Waals surface area contributed by atoms with Crippen molar-refractivity contribution in [3.05, 3.63) is 59.9 Å². The fraction of sp³-hybridized carbons (Fsp3) is 0.364. The monoisotopic (exact) mass is 412 g/mol. The molecule has 158 valence electrons. The van der Waals surface area contributed by atoms with Crippen LogP contribution in [0.1, 0.15) is 25.3 Å². The largest absolute Gasteiger partial charge is 0.394 e. The summed E-state index contributed by atoms with van der Waals surface area (Å²) in [6.07, 6.45) is 0. The predicted molar refractivity (Wildman–Crippen MR) is 112 cm³/mol. The van der Waals surface area contributed by atoms with Gasteiger partial charge in [-0.05, 0) is 43.7 Å². The fourth-order valence-corrected chi connectivity index (χ4v) is 4.44. The molecule has 3 N–H and O–H groups in total. The first-order chi connectivity index (χ1) is 14.4. The van der Waals surface area contributed by atoms with Crippen molar-refractivity contribution < 1.29 is 19.1 Å². The third kappa shape index (κ3) is 3.47. The summed E-state index contributed by atoms with van der Waals surface area (Å²) in [5, 5.41) is 15.6. The van der Waals surface area contributed by atoms with Crippen LogP contribution in [-0.4, -0.2) is 53.3 Å². The average molecular weight is 412 g/mol. The second-order valence-corrected chi connectivity index (χ2v) is 7.96. The number of likely N-dealkylation sites (tertiary alicyclic amines) is 1. The van der Waals surface area contributed by atoms with E-state index in [1.54, 1.807) is 15.9 Å². The van der Waals surface area contributed by atoms with E-state index < -0.39 is 17.9 Å². The van der Waals surface area contributed by atoms with Gasteiger partial charge in [0.05, 0.1) is 18.7 Å². The molecule has 0 spiro atoms. The molecule has 0 bridgehead atoms. The van der Waals surface area contributed by atoms with Crippen molar-refractivity contribution >= 4 is 23.4 Å². The molecule has 0 saturated carbocycles. The van der Waals surface area contributed by atoms with Crippen molar-refractivity contribution in [1.82, 2.24) is 10.2 Å². The topological polar surface area (TPSA) is 84.9 Å². The fourth-order valence-electron chi connectivity index (χ4n) is 4.44. The van der Waals surface area contributed by atoms with Crippen LogP contribution in [0.2, 0.25) is 0 Å². The zero-order valence-electron chi connectivity index (χ0n) is 16.9. The van der Waals surface area contributed by atoms with Gasteiger partial charge in [-0.2, -0.15) is 0 Å². The average Bonchev–Trinajstić information content (AvgIpc) is 2.67. The van der Waals surface area contributed by atoms with Crippen LogP contribution in [0, 0.1) is 5.82 Å². The van der Waals surface area contributed by atoms with Crippen LogP contribution in [0.5, 0.6) is 0 Å². The van der Waals surface area contributed by atoms with Crippen LogP contribution in [0.4, 0.5) is 25.4 Å². The minimum atomic E-state index is -0.448. The molecule has 0 aliphatic carbocycles. The molecular formula is C22H25FN4O3. The Morgan fingerprint density at radius 2 is 1.93 bits per heavy atom. The normalized spacial score (nSPS) is 22.1. The lowest BCUT2D eigenvalue weighted by atomic mass is 9.72. The van der Waals surface area contributed by atoms with E-state index in [-0.39, 0.29) is 30.6 Å². The van der Waals surface area contributed by atoms with E-state index >= 15 is 0 Å². The molecule has 0 radical (unpaired) electrons. The van der Waals surface area contributed by atoms with E-state index in [1.165, 1.54) is 18.2 Å². The standard InChI is InChI=1S/C22H25FN4O3/c1-13(2)24-21(29)26-11-18-20(16-8-3-4-9-17(16)26)19(12-28)27(18)22(30)25-15-7-5-6-14(23)10-15/h3-10,13,18-20,28H,11-12H2,1-2H3,(H,24,29)(H,25,30)/t18-,19-,20+/m1/s1. The number of hydrogen-bond acceptors (Lipinski definition) is 3. The molecule has 30 heavy (non-hydrogen) atoms. The SMILES string of the molecule is CC(C)NC(=O)N1C[C@@H]2[C@H](c3ccccc31)[C@@H](CO)N2C(=O)Nc1cccc(F)c1. The lowest BCUT2D eigenvalue weighted by Gasteiger charge is -2.58. The molecule has 0 unspecified atom stereocenters. The molecule has 8 heteroatoms. The zero-order valence-corrected chi connectivity index (χ0v) is 16.9. The number of anilines is 2. The number of carbonyl (C=O) groups is 2. The Morgan fingerprint density at radius 3 is 2.63 bits per heavy atom. The van der Waals surface area contributed by atoms with E-state index in [0.717, 1.165) is 11.3 Å². The number of hydrogen-bond donors (Lipinski definition) is 3. The summed E-state index contributed by atoms with van der Waals surface area (Å²) in [5.74, 6) is -0.524. The molecule has 4 amide bonds. The van der Waals surface area contributed by atoms with Crippen LogP contribution in [-0.2, 0) is 0 Å². The molecule has 2 heterocycles. The van der Waals surface area contributed by atoms with Crippen molar-refractivity contribution in [3.63, 3.8) is 0 Å². The molecule has 0 aromatic heterocycles. The van der Waals surface area contributed by atoms with Gasteiger partial charge in [-0.1, -0.05) is 24.3 Å². The number of halogens is 1. The summed E-state index contributed by atoms with van der Waals surface area (Å²) in [4.78, 5) is 29.0. The van der Waals surface area contributed by atoms with Gasteiger partial charge in [0.15, 0.2) is 0 Å². The number of aliphatic hydroxyl groups excluding tert-OH is 1. The Balaban J connectivity index is 1.62. The number of fused-ring (bicyclic) bond motifs is 3. The quantitative estimate of drug-likeness (QED) is 0.724. The Morgan fingerprint density at radius 1 is 1.17 bits per heavy atom. The maximum absolute atomic E-state index is 13.5. The Kier molecular flexibility index (Phi) is 5.34. The number of nitrogens with zero attached hydrogens (tertiary/aromatic N) is 2. The Hall–Kier alpha value is -3.13. The minimum Gasteiger partial charge on any atom is -0.394 e. The first-order valence-corrected chi connectivity index (χ1v) is 10.0. The molecule has 2 aliphatic heterocycles. The van der Waals surface area contributed by atoms with Gasteiger partial charge in [-0.15, -0.1) is 0 Å². The van der Waals surface area contributed by atoms with Crippen molar-refractivity contribution in [2.75, 3.05) is 23.4 Å². The maximum Gasteiger partial charge on any atom is 0.322 e. The highest BCUT2D eigenvalue weighted by Crippen LogP contribution is 2.48. The van der Waals surface area contributed by atoms with E-state index in [1.807, 2.05) is 38.1 Å². The van der Waals surface area contributed by atoms with Gasteiger partial charge in [0.1, 0.15) is 5.82 Å². The smallest absolute Gasteiger partial charge is 0.322 e. The van der Waals surface area contributed by atoms with Crippen molar-refractivity contribution in [2.45, 2.75) is 37.9 Å². The van der Waals surface area contributed by atoms with Crippen LogP contribution >= 0.6 is 0 Å². The summed E-state index contributed by atoms with van der Waals surface area (Å²) in [6, 6.07) is 11.9. The molecular weight excluding hydrogens is 387 g/mol. The number of para-hydroxylation sites is 1. The molecule has 3 atom stereocenters. The lowest BCUT2D eigenvalue weighted by Crippen LogP contribution is -2.71. The summed E-state index contributed by atoms with van der Waals surface area (Å²) < 4.78 is 13.5. The number of rotatable bonds is 3. The third-order valence-electron chi connectivity index (χ3n) is 5.65. The number of aliphatic hydroxyl groups is 1. The van der Waals surface area contributed by atoms with Crippen LogP contribution < -0.4 is 15.5 Å². The van der Waals surface area contributed by atoms with Gasteiger partial charge in [-0.3, -0.25) is 4.90 Å². The van der Waals surface area contributed by atoms with E-state index in [4.69, 9.17) is 0 Å². The van der Waals surface area contributed by atoms with Crippen molar-refractivity contribution in [3.8, 4) is 0 Å². The molecule has 2 aliphatic rings. The summed E-state index contributed by atoms with van der Waals surface area (Å²) in [5.41, 5.74) is 2.06. The zero-order chi connectivity index (χ0) is 21.4. The molecule has 4 rings (SSSR count). The van der Waals surface area contributed by atoms with Crippen LogP contribution in [0.25, 0.3) is 0 Å². The number of urea groups is 2. The number of nitrogens with one attached hydrogen (secondary N) is 2. The van der Waals surface area contributed by atoms with E-state index in [9.17, 15) is 19.1 Å². The highest BCUT2D eigenvalue weighted by molar-refractivity contribution is 5.96. The van der Waals surface area contributed by atoms with Gasteiger partial charge in [0.2, 0.25) is 0 Å². The first-order valence-electron chi connectivity index (χ1n) is 10.0. The van der Waals surface area contributed by atoms with Gasteiger partial charge in [0, 0.05) is 29.9 Å². The summed E-state index contributed by atoms with van der Waals surface area (Å²) in [7, 11) is 0. The third-order valence-corrected chi connectivity index (χ3v) is 5.65. The van der Waals surface area contributed by atoms with Gasteiger partial charge in [-0.25, -0.2) is 14.0 Å². The summed E-state index contributed by atoms with van der Waals surface area (Å²) >= 11 is 0. The predicted octanol–water partition coefficient (Wildman–Crippen LogP) is 3.12. The van der Waals surface area contributed by atoms with Gasteiger partial charge >= 0.3 is 12.1 Å². The van der Waals surface area contributed by atoms with Gasteiger partial charge < -0.3 is 20.6 Å². The van der Waals surface area contributed by atoms with Crippen molar-refractivity contribution in [2.24, 2.45) is 0 Å². The van der Waals surface area contributed by atoms with Crippen molar-refractivity contribution in [1.29, 1.82) is 0 Å². The number of carbonyl (C=O) groups excluding carboxylic acids is 2. The number of benzene rings is 2. The molecule has 2 aromatic rings. The molecule has 2 aromatic carbocycles. The lowest BCUT2D eigenvalue weighted by molar-refractivity contribution is -0.00197. The van der Waals surface area contributed by atoms with Gasteiger partial charge in [0.25, 0.3) is 0 Å². The maximum atomic E-state index is 13.5. The van der Waals surface area contributed by atoms with E-state index in [2.05, 4.69) is 10.6 Å². The highest BCUT2D eigenvalue weighted by atomic mass is 19.1. The first kappa shape index (κ1) is 20.2. The van der Waals surface area contributed by atoms with Crippen LogP contribution in [0.15, 0.2) is 48.5 Å². The highest BCUT2D eigenvalue weighted by Gasteiger charge is 2.55. The molecule has 1 saturated heterocycles. The second kappa shape index (κ2) is 7.95. The molecule has 1 fully saturated rings. The Labute approximate surface area is 174 Å². The summed E-state index contributed by atoms with van der Waals surface area (Å²) in [6.45, 7) is 3.89. The molecule has 7 nitrogen and oxygen atoms in total. The second-order valence-electron chi connectivity index (χ2n) is 7.96. The minimum absolute atomic E-state index is 0.0265. The van der Waals surface area contributed by atoms with E-state index in [0.29, 0.717) is 12.2 Å². The number of amides is 4. The van der Waals surface area contributed by atoms with Crippen LogP contribution in [0.3, 0.4) is 0 Å². The Bertz CT molecular complexity index is 967.